The Kier molecular flexibility index (Phi) is 6.19. The molecular formula is C19H26O3S. The summed E-state index contributed by atoms with van der Waals surface area (Å²) in [6, 6.07) is 6.75. The van der Waals surface area contributed by atoms with E-state index < -0.39 is 10.1 Å². The van der Waals surface area contributed by atoms with Crippen LogP contribution in [-0.4, -0.2) is 15.0 Å². The molecule has 1 aliphatic rings. The molecule has 0 radical (unpaired) electrons. The average Bonchev–Trinajstić information content (AvgIpc) is 2.51. The minimum absolute atomic E-state index is 0.231. The molecule has 0 bridgehead atoms. The Balaban J connectivity index is 1.72. The van der Waals surface area contributed by atoms with Crippen LogP contribution in [0.25, 0.3) is 0 Å². The lowest BCUT2D eigenvalue weighted by Crippen LogP contribution is -2.07. The fourth-order valence-corrected chi connectivity index (χ4v) is 3.56. The molecule has 4 heteroatoms. The van der Waals surface area contributed by atoms with E-state index in [1.807, 2.05) is 6.92 Å². The van der Waals surface area contributed by atoms with Gasteiger partial charge >= 0.3 is 0 Å². The molecule has 1 aliphatic carbocycles. The van der Waals surface area contributed by atoms with Crippen molar-refractivity contribution in [3.05, 3.63) is 52.6 Å². The second-order valence-corrected chi connectivity index (χ2v) is 7.97. The zero-order valence-corrected chi connectivity index (χ0v) is 15.1. The van der Waals surface area contributed by atoms with E-state index in [1.165, 1.54) is 16.7 Å². The molecule has 3 nitrogen and oxygen atoms in total. The highest BCUT2D eigenvalue weighted by Gasteiger charge is 2.14. The summed E-state index contributed by atoms with van der Waals surface area (Å²) in [6.45, 7) is 6.55. The lowest BCUT2D eigenvalue weighted by atomic mass is 9.91. The highest BCUT2D eigenvalue weighted by Crippen LogP contribution is 2.26. The Hall–Kier alpha value is -1.39. The van der Waals surface area contributed by atoms with Gasteiger partial charge < -0.3 is 0 Å². The van der Waals surface area contributed by atoms with Gasteiger partial charge in [0.25, 0.3) is 10.1 Å². The molecule has 0 aliphatic heterocycles. The van der Waals surface area contributed by atoms with E-state index in [0.717, 1.165) is 37.7 Å². The van der Waals surface area contributed by atoms with Gasteiger partial charge in [-0.3, -0.25) is 4.18 Å². The fraction of sp³-hybridized carbons (Fsp3) is 0.474. The summed E-state index contributed by atoms with van der Waals surface area (Å²) >= 11 is 0. The Labute approximate surface area is 140 Å². The first-order valence-electron chi connectivity index (χ1n) is 8.18. The number of rotatable bonds is 7. The zero-order valence-electron chi connectivity index (χ0n) is 14.3. The molecule has 2 rings (SSSR count). The predicted molar refractivity (Wildman–Crippen MR) is 93.9 cm³/mol. The van der Waals surface area contributed by atoms with Crippen LogP contribution in [0.15, 0.2) is 52.0 Å². The molecule has 0 amide bonds. The Morgan fingerprint density at radius 1 is 1.00 bits per heavy atom. The van der Waals surface area contributed by atoms with E-state index in [-0.39, 0.29) is 11.5 Å². The van der Waals surface area contributed by atoms with Gasteiger partial charge in [0.05, 0.1) is 11.5 Å². The maximum atomic E-state index is 12.0. The molecule has 0 unspecified atom stereocenters. The van der Waals surface area contributed by atoms with E-state index in [2.05, 4.69) is 19.9 Å². The van der Waals surface area contributed by atoms with Crippen molar-refractivity contribution in [3.63, 3.8) is 0 Å². The second-order valence-electron chi connectivity index (χ2n) is 6.35. The summed E-state index contributed by atoms with van der Waals surface area (Å²) in [4.78, 5) is 0.231. The summed E-state index contributed by atoms with van der Waals surface area (Å²) in [6.07, 6.45) is 7.17. The molecule has 126 valence electrons. The van der Waals surface area contributed by atoms with E-state index in [1.54, 1.807) is 24.3 Å². The maximum Gasteiger partial charge on any atom is 0.296 e. The molecule has 0 N–H and O–H groups in total. The average molecular weight is 334 g/mol. The van der Waals surface area contributed by atoms with Crippen LogP contribution in [-0.2, 0) is 14.3 Å². The number of hydrogen-bond acceptors (Lipinski definition) is 3. The van der Waals surface area contributed by atoms with E-state index in [0.29, 0.717) is 0 Å². The predicted octanol–water partition coefficient (Wildman–Crippen LogP) is 4.93. The molecule has 0 spiro atoms. The molecule has 1 aromatic rings. The first-order valence-corrected chi connectivity index (χ1v) is 9.58. The molecule has 1 aromatic carbocycles. The zero-order chi connectivity index (χ0) is 16.9. The van der Waals surface area contributed by atoms with Crippen LogP contribution >= 0.6 is 0 Å². The van der Waals surface area contributed by atoms with Gasteiger partial charge in [0.2, 0.25) is 0 Å². The Morgan fingerprint density at radius 2 is 1.70 bits per heavy atom. The first kappa shape index (κ1) is 18.0. The maximum absolute atomic E-state index is 12.0. The van der Waals surface area contributed by atoms with Gasteiger partial charge in [0.1, 0.15) is 0 Å². The van der Waals surface area contributed by atoms with Gasteiger partial charge in [0.15, 0.2) is 0 Å². The Morgan fingerprint density at radius 3 is 2.35 bits per heavy atom. The number of unbranched alkanes of at least 4 members (excludes halogenated alkanes) is 1. The first-order chi connectivity index (χ1) is 10.9. The third-order valence-corrected chi connectivity index (χ3v) is 5.68. The SMILES string of the molecule is CC1=C(C)CC(CCCCOS(=O)(=O)c2ccc(C)cc2)=CC1. The fourth-order valence-electron chi connectivity index (χ4n) is 2.62. The van der Waals surface area contributed by atoms with Crippen molar-refractivity contribution in [2.75, 3.05) is 6.61 Å². The standard InChI is InChI=1S/C19H26O3S/c1-15-7-11-19(12-8-15)23(20,21)22-13-5-4-6-18-10-9-16(2)17(3)14-18/h7-8,10-12H,4-6,9,13-14H2,1-3H3. The molecular weight excluding hydrogens is 308 g/mol. The van der Waals surface area contributed by atoms with Crippen LogP contribution in [0.1, 0.15) is 51.5 Å². The van der Waals surface area contributed by atoms with Crippen molar-refractivity contribution < 1.29 is 12.6 Å². The van der Waals surface area contributed by atoms with Crippen LogP contribution in [0.3, 0.4) is 0 Å². The minimum Gasteiger partial charge on any atom is -0.266 e. The van der Waals surface area contributed by atoms with Crippen molar-refractivity contribution in [3.8, 4) is 0 Å². The van der Waals surface area contributed by atoms with E-state index in [4.69, 9.17) is 4.18 Å². The number of hydrogen-bond donors (Lipinski definition) is 0. The lowest BCUT2D eigenvalue weighted by molar-refractivity contribution is 0.308. The van der Waals surface area contributed by atoms with Crippen LogP contribution in [0, 0.1) is 6.92 Å². The van der Waals surface area contributed by atoms with Crippen molar-refractivity contribution in [2.24, 2.45) is 0 Å². The highest BCUT2D eigenvalue weighted by atomic mass is 32.2. The molecule has 0 fully saturated rings. The van der Waals surface area contributed by atoms with Gasteiger partial charge in [-0.2, -0.15) is 8.42 Å². The van der Waals surface area contributed by atoms with Gasteiger partial charge in [0, 0.05) is 0 Å². The van der Waals surface area contributed by atoms with Crippen LogP contribution in [0.5, 0.6) is 0 Å². The highest BCUT2D eigenvalue weighted by molar-refractivity contribution is 7.86. The third kappa shape index (κ3) is 5.33. The number of benzene rings is 1. The summed E-state index contributed by atoms with van der Waals surface area (Å²) in [5.41, 5.74) is 5.45. The molecule has 0 heterocycles. The normalized spacial score (nSPS) is 15.7. The lowest BCUT2D eigenvalue weighted by Gasteiger charge is -2.16. The smallest absolute Gasteiger partial charge is 0.266 e. The third-order valence-electron chi connectivity index (χ3n) is 4.36. The van der Waals surface area contributed by atoms with Gasteiger partial charge in [-0.25, -0.2) is 0 Å². The van der Waals surface area contributed by atoms with Crippen LogP contribution < -0.4 is 0 Å². The molecule has 0 aromatic heterocycles. The summed E-state index contributed by atoms with van der Waals surface area (Å²) in [5, 5.41) is 0. The largest absolute Gasteiger partial charge is 0.296 e. The Bertz CT molecular complexity index is 695. The minimum atomic E-state index is -3.62. The summed E-state index contributed by atoms with van der Waals surface area (Å²) < 4.78 is 29.2. The van der Waals surface area contributed by atoms with Crippen molar-refractivity contribution in [2.45, 2.75) is 57.8 Å². The quantitative estimate of drug-likeness (QED) is 0.403. The summed E-state index contributed by atoms with van der Waals surface area (Å²) in [5.74, 6) is 0. The van der Waals surface area contributed by atoms with Crippen LogP contribution in [0.2, 0.25) is 0 Å². The number of aryl methyl sites for hydroxylation is 1. The van der Waals surface area contributed by atoms with Gasteiger partial charge in [-0.05, 0) is 65.0 Å². The molecule has 0 atom stereocenters. The molecule has 0 saturated carbocycles. The van der Waals surface area contributed by atoms with Gasteiger partial charge in [-0.1, -0.05) is 40.5 Å². The molecule has 23 heavy (non-hydrogen) atoms. The van der Waals surface area contributed by atoms with Crippen molar-refractivity contribution in [1.82, 2.24) is 0 Å². The van der Waals surface area contributed by atoms with E-state index >= 15 is 0 Å². The number of allylic oxidation sites excluding steroid dienone is 4. The topological polar surface area (TPSA) is 43.4 Å². The monoisotopic (exact) mass is 334 g/mol. The summed E-state index contributed by atoms with van der Waals surface area (Å²) in [7, 11) is -3.62. The van der Waals surface area contributed by atoms with Crippen molar-refractivity contribution in [1.29, 1.82) is 0 Å². The second kappa shape index (κ2) is 7.93. The molecule has 0 saturated heterocycles. The van der Waals surface area contributed by atoms with E-state index in [9.17, 15) is 8.42 Å². The van der Waals surface area contributed by atoms with Crippen molar-refractivity contribution >= 4 is 10.1 Å². The van der Waals surface area contributed by atoms with Gasteiger partial charge in [-0.15, -0.1) is 0 Å². The van der Waals surface area contributed by atoms with Crippen LogP contribution in [0.4, 0.5) is 0 Å².